The molecule has 0 atom stereocenters. The number of hydrogen-bond donors (Lipinski definition) is 1. The Morgan fingerprint density at radius 1 is 1.15 bits per heavy atom. The van der Waals surface area contributed by atoms with Gasteiger partial charge in [0, 0.05) is 24.2 Å². The molecular weight excluding hydrogens is 439 g/mol. The van der Waals surface area contributed by atoms with Crippen molar-refractivity contribution >= 4 is 10.9 Å². The molecule has 0 saturated heterocycles. The number of methoxy groups -OCH3 is 1. The van der Waals surface area contributed by atoms with Crippen LogP contribution in [0.5, 0.6) is 17.5 Å². The highest BCUT2D eigenvalue weighted by Crippen LogP contribution is 2.36. The summed E-state index contributed by atoms with van der Waals surface area (Å²) in [5.74, 6) is 0.691. The Bertz CT molecular complexity index is 1310. The Labute approximate surface area is 187 Å². The Balaban J connectivity index is 1.76. The molecule has 4 heterocycles. The smallest absolute Gasteiger partial charge is 0.408 e. The minimum atomic E-state index is -4.40. The summed E-state index contributed by atoms with van der Waals surface area (Å²) in [5.41, 5.74) is 2.76. The number of nitrogens with zero attached hydrogens (tertiary/aromatic N) is 5. The third-order valence-corrected chi connectivity index (χ3v) is 4.86. The molecule has 174 valence electrons. The summed E-state index contributed by atoms with van der Waals surface area (Å²) in [4.78, 5) is 8.92. The average Bonchev–Trinajstić information content (AvgIpc) is 3.30. The van der Waals surface area contributed by atoms with Crippen molar-refractivity contribution in [3.63, 3.8) is 0 Å². The molecule has 0 saturated carbocycles. The van der Waals surface area contributed by atoms with Gasteiger partial charge in [0.15, 0.2) is 5.75 Å². The molecule has 0 bridgehead atoms. The van der Waals surface area contributed by atoms with Gasteiger partial charge in [0.2, 0.25) is 5.88 Å². The Hall–Kier alpha value is -3.76. The molecule has 0 aliphatic heterocycles. The van der Waals surface area contributed by atoms with Gasteiger partial charge in [-0.1, -0.05) is 0 Å². The van der Waals surface area contributed by atoms with Gasteiger partial charge >= 0.3 is 6.18 Å². The largest absolute Gasteiger partial charge is 0.494 e. The van der Waals surface area contributed by atoms with Crippen molar-refractivity contribution in [1.29, 1.82) is 0 Å². The first-order valence-electron chi connectivity index (χ1n) is 10.1. The second-order valence-electron chi connectivity index (χ2n) is 7.82. The molecule has 0 spiro atoms. The highest BCUT2D eigenvalue weighted by atomic mass is 19.4. The predicted molar refractivity (Wildman–Crippen MR) is 115 cm³/mol. The fourth-order valence-electron chi connectivity index (χ4n) is 3.54. The van der Waals surface area contributed by atoms with E-state index in [4.69, 9.17) is 9.47 Å². The van der Waals surface area contributed by atoms with E-state index in [0.29, 0.717) is 33.8 Å². The number of hydrogen-bond acceptors (Lipinski definition) is 6. The minimum absolute atomic E-state index is 0.0858. The lowest BCUT2D eigenvalue weighted by Crippen LogP contribution is -2.17. The third-order valence-electron chi connectivity index (χ3n) is 4.86. The Kier molecular flexibility index (Phi) is 5.64. The number of aryl methyl sites for hydroxylation is 1. The van der Waals surface area contributed by atoms with E-state index in [1.54, 1.807) is 24.5 Å². The maximum Gasteiger partial charge on any atom is 0.408 e. The van der Waals surface area contributed by atoms with E-state index in [1.165, 1.54) is 24.1 Å². The summed E-state index contributed by atoms with van der Waals surface area (Å²) in [6.45, 7) is 4.38. The van der Waals surface area contributed by atoms with Gasteiger partial charge in [0.05, 0.1) is 41.7 Å². The van der Waals surface area contributed by atoms with Crippen molar-refractivity contribution in [2.75, 3.05) is 7.11 Å². The molecule has 0 aromatic carbocycles. The lowest BCUT2D eigenvalue weighted by Gasteiger charge is -2.14. The number of fused-ring (bicyclic) bond motifs is 1. The quantitative estimate of drug-likeness (QED) is 0.450. The van der Waals surface area contributed by atoms with Crippen LogP contribution in [-0.2, 0) is 6.54 Å². The van der Waals surface area contributed by atoms with Gasteiger partial charge in [-0.2, -0.15) is 18.3 Å². The molecule has 11 heteroatoms. The zero-order chi connectivity index (χ0) is 23.9. The SMILES string of the molecule is COc1ncc(-c2cc(C)c3c(O)n(-c4cnn(CC(F)(F)F)c4)cc3n2)cc1OC(C)C. The maximum atomic E-state index is 12.7. The molecule has 33 heavy (non-hydrogen) atoms. The highest BCUT2D eigenvalue weighted by Gasteiger charge is 2.28. The van der Waals surface area contributed by atoms with E-state index in [2.05, 4.69) is 15.1 Å². The molecule has 0 fully saturated rings. The summed E-state index contributed by atoms with van der Waals surface area (Å²) in [6, 6.07) is 3.57. The van der Waals surface area contributed by atoms with Gasteiger partial charge in [-0.15, -0.1) is 0 Å². The van der Waals surface area contributed by atoms with Crippen molar-refractivity contribution < 1.29 is 27.8 Å². The summed E-state index contributed by atoms with van der Waals surface area (Å²) in [7, 11) is 1.51. The molecule has 0 aliphatic carbocycles. The van der Waals surface area contributed by atoms with Crippen LogP contribution in [0.2, 0.25) is 0 Å². The lowest BCUT2D eigenvalue weighted by atomic mass is 10.1. The van der Waals surface area contributed by atoms with E-state index in [-0.39, 0.29) is 17.7 Å². The lowest BCUT2D eigenvalue weighted by molar-refractivity contribution is -0.142. The van der Waals surface area contributed by atoms with Crippen LogP contribution >= 0.6 is 0 Å². The van der Waals surface area contributed by atoms with Crippen LogP contribution in [0.3, 0.4) is 0 Å². The van der Waals surface area contributed by atoms with E-state index >= 15 is 0 Å². The number of halogens is 3. The number of aromatic nitrogens is 5. The number of pyridine rings is 2. The van der Waals surface area contributed by atoms with Gasteiger partial charge in [-0.05, 0) is 38.5 Å². The van der Waals surface area contributed by atoms with Crippen molar-refractivity contribution in [2.45, 2.75) is 39.6 Å². The highest BCUT2D eigenvalue weighted by molar-refractivity contribution is 5.90. The van der Waals surface area contributed by atoms with Gasteiger partial charge in [-0.3, -0.25) is 9.25 Å². The second kappa shape index (κ2) is 8.30. The van der Waals surface area contributed by atoms with Crippen molar-refractivity contribution in [3.05, 3.63) is 42.5 Å². The number of aromatic hydroxyl groups is 1. The molecule has 8 nitrogen and oxygen atoms in total. The molecule has 4 aromatic heterocycles. The summed E-state index contributed by atoms with van der Waals surface area (Å²) >= 11 is 0. The molecule has 4 rings (SSSR count). The summed E-state index contributed by atoms with van der Waals surface area (Å²) in [5, 5.41) is 15.0. The Morgan fingerprint density at radius 2 is 1.91 bits per heavy atom. The van der Waals surface area contributed by atoms with Crippen molar-refractivity contribution in [2.24, 2.45) is 0 Å². The average molecular weight is 461 g/mol. The molecule has 4 aromatic rings. The fraction of sp³-hybridized carbons (Fsp3) is 0.318. The molecule has 0 radical (unpaired) electrons. The van der Waals surface area contributed by atoms with Gasteiger partial charge < -0.3 is 14.6 Å². The van der Waals surface area contributed by atoms with Crippen molar-refractivity contribution in [3.8, 4) is 34.5 Å². The second-order valence-corrected chi connectivity index (χ2v) is 7.82. The molecule has 0 aliphatic rings. The van der Waals surface area contributed by atoms with E-state index in [1.807, 2.05) is 20.8 Å². The standard InChI is InChI=1S/C22H22F3N5O3/c1-12(2)33-18-6-14(7-26-20(18)32-4)16-5-13(3)19-17(28-16)10-30(21(19)31)15-8-27-29(9-15)11-22(23,24)25/h5-10,12,31H,11H2,1-4H3. The first-order valence-corrected chi connectivity index (χ1v) is 10.1. The Morgan fingerprint density at radius 3 is 2.58 bits per heavy atom. The van der Waals surface area contributed by atoms with Gasteiger partial charge in [0.25, 0.3) is 5.88 Å². The van der Waals surface area contributed by atoms with Gasteiger partial charge in [-0.25, -0.2) is 9.97 Å². The molecular formula is C22H22F3N5O3. The molecule has 0 amide bonds. The number of ether oxygens (including phenoxy) is 2. The van der Waals surface area contributed by atoms with E-state index in [0.717, 1.165) is 10.2 Å². The summed E-state index contributed by atoms with van der Waals surface area (Å²) in [6.07, 6.45) is 1.15. The zero-order valence-electron chi connectivity index (χ0n) is 18.4. The van der Waals surface area contributed by atoms with Crippen LogP contribution in [0.1, 0.15) is 19.4 Å². The molecule has 1 N–H and O–H groups in total. The van der Waals surface area contributed by atoms with Crippen LogP contribution < -0.4 is 9.47 Å². The maximum absolute atomic E-state index is 12.7. The summed E-state index contributed by atoms with van der Waals surface area (Å²) < 4.78 is 51.1. The first-order chi connectivity index (χ1) is 15.6. The van der Waals surface area contributed by atoms with Crippen LogP contribution in [-0.4, -0.2) is 48.8 Å². The minimum Gasteiger partial charge on any atom is -0.494 e. The van der Waals surface area contributed by atoms with Gasteiger partial charge in [0.1, 0.15) is 6.54 Å². The predicted octanol–water partition coefficient (Wildman–Crippen LogP) is 4.66. The van der Waals surface area contributed by atoms with Crippen LogP contribution in [0.15, 0.2) is 36.9 Å². The zero-order valence-corrected chi connectivity index (χ0v) is 18.4. The van der Waals surface area contributed by atoms with E-state index in [9.17, 15) is 18.3 Å². The fourth-order valence-corrected chi connectivity index (χ4v) is 3.54. The third kappa shape index (κ3) is 4.57. The monoisotopic (exact) mass is 461 g/mol. The van der Waals surface area contributed by atoms with E-state index < -0.39 is 12.7 Å². The first kappa shape index (κ1) is 22.4. The topological polar surface area (TPSA) is 87.2 Å². The van der Waals surface area contributed by atoms with Crippen molar-refractivity contribution in [1.82, 2.24) is 24.3 Å². The van der Waals surface area contributed by atoms with Crippen LogP contribution in [0.4, 0.5) is 13.2 Å². The normalized spacial score (nSPS) is 12.0. The van der Waals surface area contributed by atoms with Crippen LogP contribution in [0.25, 0.3) is 27.8 Å². The van der Waals surface area contributed by atoms with Crippen LogP contribution in [0, 0.1) is 6.92 Å². The number of rotatable bonds is 6. The number of alkyl halides is 3. The molecule has 0 unspecified atom stereocenters.